The molecule has 4 rings (SSSR count). The topological polar surface area (TPSA) is 82.1 Å². The third-order valence-corrected chi connectivity index (χ3v) is 4.05. The van der Waals surface area contributed by atoms with Crippen molar-refractivity contribution >= 4 is 0 Å². The number of benzene rings is 1. The van der Waals surface area contributed by atoms with Crippen LogP contribution in [0.2, 0.25) is 0 Å². The fraction of sp³-hybridized carbons (Fsp3) is 0.375. The van der Waals surface area contributed by atoms with Crippen LogP contribution >= 0.6 is 0 Å². The first-order valence-corrected chi connectivity index (χ1v) is 8.09. The molecular formula is C16H17FN6O2. The second kappa shape index (κ2) is 7.08. The number of nitrogens with zero attached hydrogens (tertiary/aromatic N) is 6. The number of morpholine rings is 1. The highest BCUT2D eigenvalue weighted by Gasteiger charge is 2.16. The van der Waals surface area contributed by atoms with Gasteiger partial charge in [0.15, 0.2) is 5.69 Å². The lowest BCUT2D eigenvalue weighted by Crippen LogP contribution is -2.38. The molecule has 3 heterocycles. The maximum atomic E-state index is 13.8. The molecule has 0 spiro atoms. The van der Waals surface area contributed by atoms with E-state index in [0.29, 0.717) is 12.2 Å². The molecule has 2 aromatic heterocycles. The summed E-state index contributed by atoms with van der Waals surface area (Å²) < 4.78 is 26.1. The Morgan fingerprint density at radius 1 is 1.12 bits per heavy atom. The van der Waals surface area contributed by atoms with Gasteiger partial charge in [0.1, 0.15) is 5.82 Å². The average Bonchev–Trinajstić information content (AvgIpc) is 3.31. The number of rotatable bonds is 5. The van der Waals surface area contributed by atoms with Crippen molar-refractivity contribution in [3.8, 4) is 23.0 Å². The molecule has 0 saturated carbocycles. The molecule has 1 aliphatic rings. The molecule has 0 radical (unpaired) electrons. The summed E-state index contributed by atoms with van der Waals surface area (Å²) in [6, 6.07) is 6.28. The van der Waals surface area contributed by atoms with Gasteiger partial charge in [-0.15, -0.1) is 5.10 Å². The lowest BCUT2D eigenvalue weighted by Gasteiger charge is -2.26. The summed E-state index contributed by atoms with van der Waals surface area (Å²) in [5.41, 5.74) is 0.759. The zero-order valence-corrected chi connectivity index (χ0v) is 13.5. The van der Waals surface area contributed by atoms with E-state index in [1.165, 1.54) is 6.07 Å². The van der Waals surface area contributed by atoms with E-state index in [1.807, 2.05) is 0 Å². The van der Waals surface area contributed by atoms with Gasteiger partial charge in [0.2, 0.25) is 5.82 Å². The molecular weight excluding hydrogens is 327 g/mol. The molecule has 0 amide bonds. The second-order valence-electron chi connectivity index (χ2n) is 5.72. The molecule has 0 N–H and O–H groups in total. The molecule has 9 heteroatoms. The molecule has 0 bridgehead atoms. The van der Waals surface area contributed by atoms with E-state index in [9.17, 15) is 4.39 Å². The molecule has 0 aliphatic carbocycles. The van der Waals surface area contributed by atoms with Crippen molar-refractivity contribution in [2.45, 2.75) is 6.54 Å². The Balaban J connectivity index is 1.44. The fourth-order valence-electron chi connectivity index (χ4n) is 2.65. The largest absolute Gasteiger partial charge is 0.379 e. The van der Waals surface area contributed by atoms with Crippen LogP contribution < -0.4 is 0 Å². The Bertz CT molecular complexity index is 843. The van der Waals surface area contributed by atoms with Crippen molar-refractivity contribution in [3.63, 3.8) is 0 Å². The van der Waals surface area contributed by atoms with Gasteiger partial charge in [0.05, 0.1) is 31.5 Å². The van der Waals surface area contributed by atoms with Crippen LogP contribution in [-0.2, 0) is 11.3 Å². The first-order valence-electron chi connectivity index (χ1n) is 8.09. The highest BCUT2D eigenvalue weighted by molar-refractivity contribution is 5.57. The number of hydrogen-bond acceptors (Lipinski definition) is 7. The van der Waals surface area contributed by atoms with Crippen LogP contribution in [0.1, 0.15) is 0 Å². The minimum absolute atomic E-state index is 0.191. The maximum absolute atomic E-state index is 13.8. The summed E-state index contributed by atoms with van der Waals surface area (Å²) in [5.74, 6) is 0.0101. The number of aromatic nitrogens is 5. The van der Waals surface area contributed by atoms with Crippen LogP contribution in [0.5, 0.6) is 0 Å². The molecule has 0 unspecified atom stereocenters. The van der Waals surface area contributed by atoms with Crippen LogP contribution in [0.25, 0.3) is 23.0 Å². The van der Waals surface area contributed by atoms with E-state index >= 15 is 0 Å². The first-order chi connectivity index (χ1) is 12.3. The Morgan fingerprint density at radius 3 is 2.80 bits per heavy atom. The van der Waals surface area contributed by atoms with E-state index in [2.05, 4.69) is 25.4 Å². The third-order valence-electron chi connectivity index (χ3n) is 4.05. The standard InChI is InChI=1S/C16H17FN6O2/c17-13-4-2-1-3-12(13)15-18-16(25-20-15)14-11-23(21-19-14)6-5-22-7-9-24-10-8-22/h1-4,11H,5-10H2. The first kappa shape index (κ1) is 15.9. The molecule has 1 saturated heterocycles. The Morgan fingerprint density at radius 2 is 1.96 bits per heavy atom. The predicted octanol–water partition coefficient (Wildman–Crippen LogP) is 1.47. The molecule has 8 nitrogen and oxygen atoms in total. The van der Waals surface area contributed by atoms with Crippen LogP contribution in [0.3, 0.4) is 0 Å². The van der Waals surface area contributed by atoms with E-state index in [0.717, 1.165) is 32.8 Å². The van der Waals surface area contributed by atoms with Gasteiger partial charge in [-0.2, -0.15) is 4.98 Å². The van der Waals surface area contributed by atoms with Crippen molar-refractivity contribution in [1.29, 1.82) is 0 Å². The lowest BCUT2D eigenvalue weighted by atomic mass is 10.2. The highest BCUT2D eigenvalue weighted by atomic mass is 19.1. The smallest absolute Gasteiger partial charge is 0.280 e. The van der Waals surface area contributed by atoms with Crippen molar-refractivity contribution in [2.75, 3.05) is 32.8 Å². The van der Waals surface area contributed by atoms with Crippen LogP contribution in [0, 0.1) is 5.82 Å². The molecule has 3 aromatic rings. The van der Waals surface area contributed by atoms with E-state index in [-0.39, 0.29) is 17.3 Å². The second-order valence-corrected chi connectivity index (χ2v) is 5.72. The summed E-state index contributed by atoms with van der Waals surface area (Å²) in [7, 11) is 0. The lowest BCUT2D eigenvalue weighted by molar-refractivity contribution is 0.0359. The quantitative estimate of drug-likeness (QED) is 0.693. The van der Waals surface area contributed by atoms with Crippen molar-refractivity contribution in [2.24, 2.45) is 0 Å². The summed E-state index contributed by atoms with van der Waals surface area (Å²) >= 11 is 0. The number of ether oxygens (including phenoxy) is 1. The third kappa shape index (κ3) is 3.57. The average molecular weight is 344 g/mol. The van der Waals surface area contributed by atoms with Crippen molar-refractivity contribution in [3.05, 3.63) is 36.3 Å². The number of halogens is 1. The molecule has 1 fully saturated rings. The Labute approximate surface area is 143 Å². The van der Waals surface area contributed by atoms with Gasteiger partial charge in [0, 0.05) is 19.6 Å². The van der Waals surface area contributed by atoms with Crippen molar-refractivity contribution in [1.82, 2.24) is 30.0 Å². The zero-order chi connectivity index (χ0) is 17.1. The summed E-state index contributed by atoms with van der Waals surface area (Å²) in [6.45, 7) is 4.97. The molecule has 25 heavy (non-hydrogen) atoms. The summed E-state index contributed by atoms with van der Waals surface area (Å²) in [6.07, 6.45) is 1.75. The van der Waals surface area contributed by atoms with Gasteiger partial charge in [-0.3, -0.25) is 9.58 Å². The van der Waals surface area contributed by atoms with Gasteiger partial charge in [0.25, 0.3) is 5.89 Å². The minimum Gasteiger partial charge on any atom is -0.379 e. The van der Waals surface area contributed by atoms with Crippen LogP contribution in [-0.4, -0.2) is 62.9 Å². The summed E-state index contributed by atoms with van der Waals surface area (Å²) in [5, 5.41) is 12.0. The van der Waals surface area contributed by atoms with E-state index in [1.54, 1.807) is 29.1 Å². The predicted molar refractivity (Wildman–Crippen MR) is 86.0 cm³/mol. The SMILES string of the molecule is Fc1ccccc1-c1noc(-c2cn(CCN3CCOCC3)nn2)n1. The van der Waals surface area contributed by atoms with Gasteiger partial charge in [-0.1, -0.05) is 22.5 Å². The highest BCUT2D eigenvalue weighted by Crippen LogP contribution is 2.22. The van der Waals surface area contributed by atoms with Crippen LogP contribution in [0.4, 0.5) is 4.39 Å². The van der Waals surface area contributed by atoms with E-state index in [4.69, 9.17) is 9.26 Å². The maximum Gasteiger partial charge on any atom is 0.280 e. The van der Waals surface area contributed by atoms with Gasteiger partial charge < -0.3 is 9.26 Å². The minimum atomic E-state index is -0.399. The van der Waals surface area contributed by atoms with Gasteiger partial charge in [-0.25, -0.2) is 4.39 Å². The Kier molecular flexibility index (Phi) is 4.49. The van der Waals surface area contributed by atoms with Gasteiger partial charge in [-0.05, 0) is 12.1 Å². The Hall–Kier alpha value is -2.65. The molecule has 1 aromatic carbocycles. The normalized spacial score (nSPS) is 15.6. The monoisotopic (exact) mass is 344 g/mol. The fourth-order valence-corrected chi connectivity index (χ4v) is 2.65. The summed E-state index contributed by atoms with van der Waals surface area (Å²) in [4.78, 5) is 6.53. The van der Waals surface area contributed by atoms with Crippen LogP contribution in [0.15, 0.2) is 35.0 Å². The van der Waals surface area contributed by atoms with Gasteiger partial charge >= 0.3 is 0 Å². The molecule has 0 atom stereocenters. The van der Waals surface area contributed by atoms with Crippen molar-refractivity contribution < 1.29 is 13.7 Å². The zero-order valence-electron chi connectivity index (χ0n) is 13.5. The number of hydrogen-bond donors (Lipinski definition) is 0. The molecule has 1 aliphatic heterocycles. The van der Waals surface area contributed by atoms with E-state index < -0.39 is 5.82 Å². The molecule has 130 valence electrons.